The molecule has 2 heterocycles. The number of rotatable bonds is 17. The van der Waals surface area contributed by atoms with Gasteiger partial charge in [0.1, 0.15) is 23.7 Å². The highest BCUT2D eigenvalue weighted by atomic mass is 16.6. The minimum atomic E-state index is -1.19. The van der Waals surface area contributed by atoms with Gasteiger partial charge in [-0.3, -0.25) is 10.6 Å². The number of carbonyl (C=O) groups is 4. The lowest BCUT2D eigenvalue weighted by Crippen LogP contribution is -2.50. The summed E-state index contributed by atoms with van der Waals surface area (Å²) < 4.78 is 20.1. The Balaban J connectivity index is 1.55. The molecule has 0 aliphatic carbocycles. The first-order valence-electron chi connectivity index (χ1n) is 18.4. The SMILES string of the molecule is CO[C@H](C)C(N[C@H](c1ncc(-c2ccc(-c3ccc(-c4cnc([C@@H](NC(C(=O)OC(N)=O)[C@@H](C)OC)C(C)C)[nH]4)c(C)c3C)cc2)[nH]1)C(C)C)C(=O)OC(N)=O. The molecule has 2 amide bonds. The Morgan fingerprint density at radius 1 is 0.607 bits per heavy atom. The lowest BCUT2D eigenvalue weighted by molar-refractivity contribution is -0.144. The van der Waals surface area contributed by atoms with Crippen LogP contribution in [0, 0.1) is 25.7 Å². The number of aromatic nitrogens is 4. The van der Waals surface area contributed by atoms with Gasteiger partial charge in [-0.1, -0.05) is 64.1 Å². The number of aromatic amines is 2. The number of amides is 2. The van der Waals surface area contributed by atoms with Gasteiger partial charge in [0, 0.05) is 19.8 Å². The van der Waals surface area contributed by atoms with Crippen molar-refractivity contribution >= 4 is 24.1 Å². The van der Waals surface area contributed by atoms with Gasteiger partial charge in [-0.05, 0) is 67.3 Å². The van der Waals surface area contributed by atoms with Crippen molar-refractivity contribution in [2.24, 2.45) is 23.3 Å². The Morgan fingerprint density at radius 2 is 1.00 bits per heavy atom. The zero-order chi connectivity index (χ0) is 41.4. The molecular formula is C40H54N8O8. The number of primary amides is 2. The zero-order valence-corrected chi connectivity index (χ0v) is 33.6. The summed E-state index contributed by atoms with van der Waals surface area (Å²) in [6.07, 6.45) is -0.0995. The van der Waals surface area contributed by atoms with Crippen LogP contribution in [0.15, 0.2) is 48.8 Å². The zero-order valence-electron chi connectivity index (χ0n) is 33.6. The number of carbonyl (C=O) groups excluding carboxylic acids is 4. The molecule has 16 nitrogen and oxygen atoms in total. The van der Waals surface area contributed by atoms with Crippen LogP contribution >= 0.6 is 0 Å². The number of hydrogen-bond donors (Lipinski definition) is 6. The Bertz CT molecular complexity index is 1990. The average Bonchev–Trinajstić information content (AvgIpc) is 3.83. The highest BCUT2D eigenvalue weighted by Gasteiger charge is 2.34. The van der Waals surface area contributed by atoms with Crippen molar-refractivity contribution in [3.05, 3.63) is 71.6 Å². The molecule has 0 saturated carbocycles. The lowest BCUT2D eigenvalue weighted by Gasteiger charge is -2.28. The van der Waals surface area contributed by atoms with Crippen LogP contribution in [0.2, 0.25) is 0 Å². The fourth-order valence-corrected chi connectivity index (χ4v) is 6.48. The molecule has 0 fully saturated rings. The molecule has 0 aliphatic rings. The molecule has 0 spiro atoms. The van der Waals surface area contributed by atoms with Crippen LogP contribution in [-0.2, 0) is 28.5 Å². The Hall–Kier alpha value is -5.42. The van der Waals surface area contributed by atoms with Gasteiger partial charge >= 0.3 is 24.1 Å². The monoisotopic (exact) mass is 774 g/mol. The maximum absolute atomic E-state index is 12.7. The maximum Gasteiger partial charge on any atom is 0.412 e. The van der Waals surface area contributed by atoms with Crippen molar-refractivity contribution in [2.75, 3.05) is 14.2 Å². The predicted molar refractivity (Wildman–Crippen MR) is 210 cm³/mol. The van der Waals surface area contributed by atoms with Crippen LogP contribution in [0.3, 0.4) is 0 Å². The van der Waals surface area contributed by atoms with E-state index in [4.69, 9.17) is 20.9 Å². The van der Waals surface area contributed by atoms with E-state index in [0.717, 1.165) is 44.8 Å². The van der Waals surface area contributed by atoms with E-state index < -0.39 is 60.5 Å². The number of H-pyrrole nitrogens is 2. The van der Waals surface area contributed by atoms with Crippen molar-refractivity contribution in [3.63, 3.8) is 0 Å². The van der Waals surface area contributed by atoms with Gasteiger partial charge < -0.3 is 40.4 Å². The summed E-state index contributed by atoms with van der Waals surface area (Å²) in [5.41, 5.74) is 17.9. The summed E-state index contributed by atoms with van der Waals surface area (Å²) in [5, 5.41) is 6.49. The Labute approximate surface area is 326 Å². The van der Waals surface area contributed by atoms with E-state index in [1.807, 2.05) is 39.8 Å². The molecule has 6 atom stereocenters. The molecule has 2 unspecified atom stereocenters. The number of hydrogen-bond acceptors (Lipinski definition) is 12. The number of imidazole rings is 2. The van der Waals surface area contributed by atoms with Crippen LogP contribution in [-0.4, -0.2) is 82.6 Å². The summed E-state index contributed by atoms with van der Waals surface area (Å²) in [6, 6.07) is 9.52. The highest BCUT2D eigenvalue weighted by Crippen LogP contribution is 2.34. The summed E-state index contributed by atoms with van der Waals surface area (Å²) >= 11 is 0. The van der Waals surface area contributed by atoms with E-state index in [2.05, 4.69) is 78.2 Å². The first-order chi connectivity index (χ1) is 26.5. The molecule has 16 heteroatoms. The molecule has 0 aliphatic heterocycles. The van der Waals surface area contributed by atoms with Crippen molar-refractivity contribution < 1.29 is 38.1 Å². The number of benzene rings is 2. The molecule has 2 aromatic carbocycles. The number of ether oxygens (including phenoxy) is 4. The highest BCUT2D eigenvalue weighted by molar-refractivity contribution is 5.88. The molecule has 4 rings (SSSR count). The topological polar surface area (TPSA) is 239 Å². The van der Waals surface area contributed by atoms with E-state index >= 15 is 0 Å². The standard InChI is InChI=1S/C40H54N8O8/c1-19(2)31(47-33(23(7)53-9)37(49)55-39(41)51)35-43-17-29(45-35)26-13-11-25(12-14-26)27-15-16-28(22(6)21(27)5)30-18-44-36(46-30)32(20(3)4)48-34(24(8)54-10)38(50)56-40(42)52/h11-20,23-24,31-34,47-48H,1-10H3,(H2,41,51)(H2,42,52)(H,43,45)(H,44,46)/t23-,24-,31+,32+,33?,34?/m1/s1. The number of nitrogens with zero attached hydrogens (tertiary/aromatic N) is 2. The van der Waals surface area contributed by atoms with Crippen LogP contribution in [0.5, 0.6) is 0 Å². The number of methoxy groups -OCH3 is 2. The Morgan fingerprint density at radius 3 is 1.43 bits per heavy atom. The lowest BCUT2D eigenvalue weighted by atomic mass is 9.92. The summed E-state index contributed by atoms with van der Waals surface area (Å²) in [7, 11) is 2.93. The Kier molecular flexibility index (Phi) is 14.7. The average molecular weight is 775 g/mol. The molecule has 0 saturated heterocycles. The minimum absolute atomic E-state index is 0.00230. The van der Waals surface area contributed by atoms with E-state index in [0.29, 0.717) is 11.6 Å². The van der Waals surface area contributed by atoms with Crippen molar-refractivity contribution in [2.45, 2.75) is 91.8 Å². The van der Waals surface area contributed by atoms with Crippen molar-refractivity contribution in [1.82, 2.24) is 30.6 Å². The second kappa shape index (κ2) is 18.9. The minimum Gasteiger partial charge on any atom is -0.379 e. The fraction of sp³-hybridized carbons (Fsp3) is 0.450. The molecular weight excluding hydrogens is 720 g/mol. The normalized spacial score (nSPS) is 14.9. The van der Waals surface area contributed by atoms with Crippen LogP contribution < -0.4 is 22.1 Å². The summed E-state index contributed by atoms with van der Waals surface area (Å²) in [6.45, 7) is 15.5. The first-order valence-corrected chi connectivity index (χ1v) is 18.4. The second-order valence-corrected chi connectivity index (χ2v) is 14.4. The third-order valence-electron chi connectivity index (χ3n) is 10.0. The van der Waals surface area contributed by atoms with E-state index in [-0.39, 0.29) is 11.8 Å². The van der Waals surface area contributed by atoms with E-state index in [1.54, 1.807) is 26.2 Å². The van der Waals surface area contributed by atoms with E-state index in [1.165, 1.54) is 14.2 Å². The predicted octanol–water partition coefficient (Wildman–Crippen LogP) is 5.37. The second-order valence-electron chi connectivity index (χ2n) is 14.4. The third kappa shape index (κ3) is 10.3. The molecule has 0 bridgehead atoms. The summed E-state index contributed by atoms with van der Waals surface area (Å²) in [5.74, 6) is -0.466. The maximum atomic E-state index is 12.7. The molecule has 4 aromatic rings. The molecule has 8 N–H and O–H groups in total. The van der Waals surface area contributed by atoms with Gasteiger partial charge in [0.2, 0.25) is 0 Å². The molecule has 2 aromatic heterocycles. The van der Waals surface area contributed by atoms with Crippen molar-refractivity contribution in [1.29, 1.82) is 0 Å². The molecule has 302 valence electrons. The molecule has 56 heavy (non-hydrogen) atoms. The van der Waals surface area contributed by atoms with Gasteiger partial charge in [0.25, 0.3) is 0 Å². The first kappa shape index (κ1) is 43.3. The van der Waals surface area contributed by atoms with Gasteiger partial charge in [-0.15, -0.1) is 0 Å². The number of nitrogens with two attached hydrogens (primary N) is 2. The van der Waals surface area contributed by atoms with Gasteiger partial charge in [0.05, 0.1) is 48.1 Å². The van der Waals surface area contributed by atoms with Crippen LogP contribution in [0.25, 0.3) is 33.6 Å². The van der Waals surface area contributed by atoms with Gasteiger partial charge in [0.15, 0.2) is 0 Å². The number of esters is 2. The van der Waals surface area contributed by atoms with Crippen LogP contribution in [0.4, 0.5) is 9.59 Å². The van der Waals surface area contributed by atoms with Crippen LogP contribution in [0.1, 0.15) is 76.4 Å². The van der Waals surface area contributed by atoms with E-state index in [9.17, 15) is 19.2 Å². The van der Waals surface area contributed by atoms with Gasteiger partial charge in [-0.2, -0.15) is 0 Å². The largest absolute Gasteiger partial charge is 0.412 e. The summed E-state index contributed by atoms with van der Waals surface area (Å²) in [4.78, 5) is 64.1. The number of nitrogens with one attached hydrogen (secondary N) is 4. The third-order valence-corrected chi connectivity index (χ3v) is 10.0. The van der Waals surface area contributed by atoms with Crippen molar-refractivity contribution in [3.8, 4) is 33.6 Å². The van der Waals surface area contributed by atoms with Gasteiger partial charge in [-0.25, -0.2) is 29.1 Å². The smallest absolute Gasteiger partial charge is 0.379 e. The molecule has 0 radical (unpaired) electrons. The quantitative estimate of drug-likeness (QED) is 0.0586. The fourth-order valence-electron chi connectivity index (χ4n) is 6.48.